The van der Waals surface area contributed by atoms with Gasteiger partial charge in [0.25, 0.3) is 0 Å². The molecule has 2 unspecified atom stereocenters. The predicted molar refractivity (Wildman–Crippen MR) is 96.9 cm³/mol. The standard InChI is InChI=1S/C17H28N2OS.ClH/c1-12-10-14(13(2)21-12)7-5-9-17(20)19-16-8-4-3-6-15(16)11-18;/h10,15-16H,3-9,11,18H2,1-2H3,(H,19,20);1H. The number of rotatable bonds is 6. The minimum Gasteiger partial charge on any atom is -0.353 e. The van der Waals surface area contributed by atoms with Crippen LogP contribution < -0.4 is 11.1 Å². The third-order valence-electron chi connectivity index (χ3n) is 4.55. The maximum atomic E-state index is 12.1. The number of carbonyl (C=O) groups excluding carboxylic acids is 1. The summed E-state index contributed by atoms with van der Waals surface area (Å²) in [6.45, 7) is 5.00. The molecule has 0 aliphatic heterocycles. The monoisotopic (exact) mass is 344 g/mol. The molecule has 1 fully saturated rings. The molecule has 22 heavy (non-hydrogen) atoms. The smallest absolute Gasteiger partial charge is 0.220 e. The van der Waals surface area contributed by atoms with Crippen LogP contribution in [0.15, 0.2) is 6.07 Å². The largest absolute Gasteiger partial charge is 0.353 e. The Kier molecular flexibility index (Phi) is 8.44. The van der Waals surface area contributed by atoms with Crippen LogP contribution in [0.2, 0.25) is 0 Å². The van der Waals surface area contributed by atoms with Crippen LogP contribution in [0.25, 0.3) is 0 Å². The zero-order valence-electron chi connectivity index (χ0n) is 13.7. The molecule has 1 aliphatic carbocycles. The van der Waals surface area contributed by atoms with Gasteiger partial charge in [-0.25, -0.2) is 0 Å². The first kappa shape index (κ1) is 19.5. The number of nitrogens with one attached hydrogen (secondary N) is 1. The highest BCUT2D eigenvalue weighted by Crippen LogP contribution is 2.24. The molecule has 3 N–H and O–H groups in total. The number of amides is 1. The van der Waals surface area contributed by atoms with Crippen molar-refractivity contribution < 1.29 is 4.79 Å². The molecule has 1 aromatic rings. The van der Waals surface area contributed by atoms with Gasteiger partial charge in [0, 0.05) is 22.2 Å². The van der Waals surface area contributed by atoms with Gasteiger partial charge in [0.2, 0.25) is 5.91 Å². The van der Waals surface area contributed by atoms with Crippen LogP contribution >= 0.6 is 23.7 Å². The number of carbonyl (C=O) groups is 1. The number of hydrogen-bond acceptors (Lipinski definition) is 3. The van der Waals surface area contributed by atoms with Crippen molar-refractivity contribution in [1.29, 1.82) is 0 Å². The first-order valence-electron chi connectivity index (χ1n) is 8.15. The normalized spacial score (nSPS) is 21.2. The lowest BCUT2D eigenvalue weighted by atomic mass is 9.84. The van der Waals surface area contributed by atoms with E-state index in [4.69, 9.17) is 5.73 Å². The molecule has 0 aromatic carbocycles. The van der Waals surface area contributed by atoms with Crippen LogP contribution in [0.4, 0.5) is 0 Å². The van der Waals surface area contributed by atoms with Crippen molar-refractivity contribution in [3.05, 3.63) is 21.4 Å². The van der Waals surface area contributed by atoms with Gasteiger partial charge in [-0.1, -0.05) is 12.8 Å². The van der Waals surface area contributed by atoms with Crippen LogP contribution in [-0.4, -0.2) is 18.5 Å². The van der Waals surface area contributed by atoms with Gasteiger partial charge in [0.15, 0.2) is 0 Å². The summed E-state index contributed by atoms with van der Waals surface area (Å²) in [5.41, 5.74) is 7.22. The van der Waals surface area contributed by atoms with Crippen LogP contribution in [0.5, 0.6) is 0 Å². The van der Waals surface area contributed by atoms with E-state index in [1.807, 2.05) is 11.3 Å². The van der Waals surface area contributed by atoms with Crippen LogP contribution in [-0.2, 0) is 11.2 Å². The molecule has 5 heteroatoms. The Morgan fingerprint density at radius 2 is 2.09 bits per heavy atom. The fourth-order valence-electron chi connectivity index (χ4n) is 3.33. The first-order valence-corrected chi connectivity index (χ1v) is 8.97. The highest BCUT2D eigenvalue weighted by molar-refractivity contribution is 7.12. The van der Waals surface area contributed by atoms with E-state index in [0.717, 1.165) is 25.7 Å². The van der Waals surface area contributed by atoms with Crippen LogP contribution in [0.1, 0.15) is 53.8 Å². The van der Waals surface area contributed by atoms with Gasteiger partial charge in [-0.15, -0.1) is 23.7 Å². The van der Waals surface area contributed by atoms with Gasteiger partial charge < -0.3 is 11.1 Å². The molecule has 0 radical (unpaired) electrons. The summed E-state index contributed by atoms with van der Waals surface area (Å²) in [6, 6.07) is 2.56. The number of hydrogen-bond donors (Lipinski definition) is 2. The number of halogens is 1. The highest BCUT2D eigenvalue weighted by Gasteiger charge is 2.24. The quantitative estimate of drug-likeness (QED) is 0.825. The van der Waals surface area contributed by atoms with Crippen molar-refractivity contribution in [2.24, 2.45) is 11.7 Å². The molecule has 1 saturated carbocycles. The Hall–Kier alpha value is -0.580. The summed E-state index contributed by atoms with van der Waals surface area (Å²) in [7, 11) is 0. The molecule has 2 atom stereocenters. The summed E-state index contributed by atoms with van der Waals surface area (Å²) in [5, 5.41) is 3.21. The summed E-state index contributed by atoms with van der Waals surface area (Å²) < 4.78 is 0. The molecular formula is C17H29ClN2OS. The topological polar surface area (TPSA) is 55.1 Å². The molecular weight excluding hydrogens is 316 g/mol. The lowest BCUT2D eigenvalue weighted by Crippen LogP contribution is -2.44. The average Bonchev–Trinajstić information content (AvgIpc) is 2.77. The van der Waals surface area contributed by atoms with Gasteiger partial charge in [-0.2, -0.15) is 0 Å². The molecule has 1 aromatic heterocycles. The minimum absolute atomic E-state index is 0. The predicted octanol–water partition coefficient (Wildman–Crippen LogP) is 3.74. The van der Waals surface area contributed by atoms with E-state index in [2.05, 4.69) is 25.2 Å². The molecule has 1 aliphatic rings. The maximum absolute atomic E-state index is 12.1. The van der Waals surface area contributed by atoms with Gasteiger partial charge in [0.05, 0.1) is 0 Å². The van der Waals surface area contributed by atoms with Gasteiger partial charge in [-0.05, 0) is 63.6 Å². The van der Waals surface area contributed by atoms with Crippen molar-refractivity contribution >= 4 is 29.7 Å². The Balaban J connectivity index is 0.00000242. The maximum Gasteiger partial charge on any atom is 0.220 e. The molecule has 1 amide bonds. The van der Waals surface area contributed by atoms with E-state index in [9.17, 15) is 4.79 Å². The molecule has 0 saturated heterocycles. The van der Waals surface area contributed by atoms with E-state index in [-0.39, 0.29) is 18.3 Å². The first-order chi connectivity index (χ1) is 10.1. The van der Waals surface area contributed by atoms with E-state index in [1.54, 1.807) is 0 Å². The minimum atomic E-state index is 0. The summed E-state index contributed by atoms with van der Waals surface area (Å²) in [5.74, 6) is 0.675. The van der Waals surface area contributed by atoms with E-state index in [0.29, 0.717) is 24.9 Å². The molecule has 2 rings (SSSR count). The van der Waals surface area contributed by atoms with E-state index >= 15 is 0 Å². The molecule has 126 valence electrons. The highest BCUT2D eigenvalue weighted by atomic mass is 35.5. The second-order valence-corrected chi connectivity index (χ2v) is 7.71. The van der Waals surface area contributed by atoms with Gasteiger partial charge >= 0.3 is 0 Å². The Labute approximate surface area is 144 Å². The average molecular weight is 345 g/mol. The fraction of sp³-hybridized carbons (Fsp3) is 0.706. The van der Waals surface area contributed by atoms with Crippen LogP contribution in [0, 0.1) is 19.8 Å². The second-order valence-electron chi connectivity index (χ2n) is 6.25. The Bertz CT molecular complexity index is 475. The zero-order valence-corrected chi connectivity index (χ0v) is 15.3. The second kappa shape index (κ2) is 9.53. The third kappa shape index (κ3) is 5.56. The fourth-order valence-corrected chi connectivity index (χ4v) is 4.31. The number of aryl methyl sites for hydroxylation is 3. The number of nitrogens with two attached hydrogens (primary N) is 1. The summed E-state index contributed by atoms with van der Waals surface area (Å²) >= 11 is 1.85. The molecule has 0 bridgehead atoms. The van der Waals surface area contributed by atoms with Crippen molar-refractivity contribution in [3.63, 3.8) is 0 Å². The molecule has 1 heterocycles. The third-order valence-corrected chi connectivity index (χ3v) is 5.56. The van der Waals surface area contributed by atoms with Crippen molar-refractivity contribution in [2.75, 3.05) is 6.54 Å². The van der Waals surface area contributed by atoms with Crippen molar-refractivity contribution in [2.45, 2.75) is 64.8 Å². The number of thiophene rings is 1. The summed E-state index contributed by atoms with van der Waals surface area (Å²) in [6.07, 6.45) is 7.30. The van der Waals surface area contributed by atoms with Gasteiger partial charge in [0.1, 0.15) is 0 Å². The Morgan fingerprint density at radius 3 is 2.73 bits per heavy atom. The lowest BCUT2D eigenvalue weighted by Gasteiger charge is -2.31. The van der Waals surface area contributed by atoms with Crippen LogP contribution in [0.3, 0.4) is 0 Å². The lowest BCUT2D eigenvalue weighted by molar-refractivity contribution is -0.122. The van der Waals surface area contributed by atoms with Gasteiger partial charge in [-0.3, -0.25) is 4.79 Å². The Morgan fingerprint density at radius 1 is 1.36 bits per heavy atom. The molecule has 0 spiro atoms. The van der Waals surface area contributed by atoms with Crippen molar-refractivity contribution in [1.82, 2.24) is 5.32 Å². The zero-order chi connectivity index (χ0) is 15.2. The SMILES string of the molecule is Cc1cc(CCCC(=O)NC2CCCCC2CN)c(C)s1.Cl. The molecule has 3 nitrogen and oxygen atoms in total. The van der Waals surface area contributed by atoms with Crippen molar-refractivity contribution in [3.8, 4) is 0 Å². The van der Waals surface area contributed by atoms with E-state index < -0.39 is 0 Å². The van der Waals surface area contributed by atoms with E-state index in [1.165, 1.54) is 28.2 Å². The summed E-state index contributed by atoms with van der Waals surface area (Å²) in [4.78, 5) is 14.9.